The molecule has 3 aromatic rings. The molecule has 0 radical (unpaired) electrons. The Morgan fingerprint density at radius 3 is 1.90 bits per heavy atom. The third-order valence-electron chi connectivity index (χ3n) is 6.51. The molecule has 5 N–H and O–H groups in total. The molecule has 0 fully saturated rings. The Balaban J connectivity index is 0.00000107. The van der Waals surface area contributed by atoms with E-state index in [1.165, 1.54) is 14.2 Å². The summed E-state index contributed by atoms with van der Waals surface area (Å²) in [7, 11) is 6.17. The van der Waals surface area contributed by atoms with Crippen LogP contribution in [-0.2, 0) is 33.6 Å². The van der Waals surface area contributed by atoms with Crippen LogP contribution in [-0.4, -0.2) is 76.1 Å². The summed E-state index contributed by atoms with van der Waals surface area (Å²) in [5.41, 5.74) is 8.34. The monoisotopic (exact) mass is 730 g/mol. The Labute approximate surface area is 290 Å². The minimum absolute atomic E-state index is 0.00176. The molecule has 0 aliphatic rings. The first-order chi connectivity index (χ1) is 23.1. The van der Waals surface area contributed by atoms with Gasteiger partial charge in [0.1, 0.15) is 6.04 Å². The van der Waals surface area contributed by atoms with Gasteiger partial charge in [-0.2, -0.15) is 13.2 Å². The number of halogens is 5. The Morgan fingerprint density at radius 1 is 0.857 bits per heavy atom. The predicted octanol–water partition coefficient (Wildman–Crippen LogP) is 4.60. The number of methoxy groups -OCH3 is 4. The van der Waals surface area contributed by atoms with E-state index in [9.17, 15) is 22.8 Å². The summed E-state index contributed by atoms with van der Waals surface area (Å²) in [5.74, 6) is -1.52. The van der Waals surface area contributed by atoms with Gasteiger partial charge in [-0.15, -0.1) is 0 Å². The lowest BCUT2D eigenvalue weighted by molar-refractivity contribution is -0.192. The first-order valence-corrected chi connectivity index (χ1v) is 14.9. The highest BCUT2D eigenvalue weighted by atomic mass is 35.5. The molecule has 17 heteroatoms. The highest BCUT2D eigenvalue weighted by Gasteiger charge is 2.38. The van der Waals surface area contributed by atoms with E-state index in [2.05, 4.69) is 15.6 Å². The van der Waals surface area contributed by atoms with Gasteiger partial charge in [0.15, 0.2) is 29.0 Å². The van der Waals surface area contributed by atoms with Gasteiger partial charge in [0.25, 0.3) is 0 Å². The number of carboxylic acids is 1. The van der Waals surface area contributed by atoms with E-state index in [1.807, 2.05) is 12.1 Å². The molecule has 3 rings (SSSR count). The second-order valence-corrected chi connectivity index (χ2v) is 10.8. The molecule has 0 unspecified atom stereocenters. The van der Waals surface area contributed by atoms with Crippen LogP contribution in [0.1, 0.15) is 16.7 Å². The van der Waals surface area contributed by atoms with Crippen molar-refractivity contribution in [2.45, 2.75) is 31.5 Å². The molecule has 1 atom stereocenters. The van der Waals surface area contributed by atoms with E-state index >= 15 is 0 Å². The van der Waals surface area contributed by atoms with Gasteiger partial charge in [-0.25, -0.2) is 9.79 Å². The van der Waals surface area contributed by atoms with Gasteiger partial charge >= 0.3 is 12.1 Å². The molecule has 49 heavy (non-hydrogen) atoms. The van der Waals surface area contributed by atoms with Gasteiger partial charge in [0, 0.05) is 23.0 Å². The molecule has 2 amide bonds. The average molecular weight is 732 g/mol. The zero-order valence-corrected chi connectivity index (χ0v) is 28.3. The number of aliphatic carboxylic acids is 1. The standard InChI is InChI=1S/C30H34Cl2N4O6.C2HF3O2/c1-39-24-9-5-18(13-26(24)41-3)11-12-34-29(38)23(16-20-7-8-21(31)17-22(20)32)35-30(33)36-28(37)15-19-6-10-25(40-2)27(14-19)42-4;3-2(4,5)1(6)7/h5-10,13-14,17,23H,11-12,15-16H2,1-4H3,(H,34,38)(H3,33,35,36,37);(H,6,7)/t23-;/m1./s1. The molecule has 0 spiro atoms. The van der Waals surface area contributed by atoms with E-state index in [4.69, 9.17) is 57.8 Å². The number of carboxylic acid groups (broad SMARTS) is 1. The van der Waals surface area contributed by atoms with Crippen LogP contribution in [0.5, 0.6) is 23.0 Å². The summed E-state index contributed by atoms with van der Waals surface area (Å²) in [6.07, 6.45) is -4.42. The van der Waals surface area contributed by atoms with E-state index < -0.39 is 30.0 Å². The number of guanidine groups is 1. The lowest BCUT2D eigenvalue weighted by Gasteiger charge is -2.16. The van der Waals surface area contributed by atoms with Crippen LogP contribution < -0.4 is 35.3 Å². The number of carbonyl (C=O) groups excluding carboxylic acids is 2. The van der Waals surface area contributed by atoms with Gasteiger partial charge in [-0.05, 0) is 59.5 Å². The number of nitrogens with one attached hydrogen (secondary N) is 2. The Bertz CT molecular complexity index is 1640. The van der Waals surface area contributed by atoms with Crippen molar-refractivity contribution in [2.75, 3.05) is 35.0 Å². The number of benzene rings is 3. The average Bonchev–Trinajstić information content (AvgIpc) is 3.05. The SMILES string of the molecule is COc1ccc(CCNC(=O)[C@@H](Cc2ccc(Cl)cc2Cl)N=C(N)NC(=O)Cc2ccc(OC)c(OC)c2)cc1OC.O=C(O)C(F)(F)F. The fraction of sp³-hybridized carbons (Fsp3) is 0.312. The number of aliphatic imine (C=N–C) groups is 1. The number of hydrogen-bond donors (Lipinski definition) is 4. The van der Waals surface area contributed by atoms with Crippen molar-refractivity contribution in [2.24, 2.45) is 10.7 Å². The van der Waals surface area contributed by atoms with Gasteiger partial charge < -0.3 is 35.1 Å². The van der Waals surface area contributed by atoms with Crippen molar-refractivity contribution in [1.82, 2.24) is 10.6 Å². The normalized spacial score (nSPS) is 11.7. The number of nitrogens with two attached hydrogens (primary N) is 1. The van der Waals surface area contributed by atoms with E-state index in [0.717, 1.165) is 5.56 Å². The van der Waals surface area contributed by atoms with E-state index in [-0.39, 0.29) is 18.8 Å². The molecule has 0 bridgehead atoms. The third kappa shape index (κ3) is 13.3. The smallest absolute Gasteiger partial charge is 0.490 e. The maximum absolute atomic E-state index is 13.3. The van der Waals surface area contributed by atoms with Crippen molar-refractivity contribution < 1.29 is 51.6 Å². The van der Waals surface area contributed by atoms with Crippen molar-refractivity contribution in [3.8, 4) is 23.0 Å². The molecule has 0 heterocycles. The third-order valence-corrected chi connectivity index (χ3v) is 7.10. The number of ether oxygens (including phenoxy) is 4. The first kappa shape index (κ1) is 40.3. The van der Waals surface area contributed by atoms with Gasteiger partial charge in [0.05, 0.1) is 34.9 Å². The van der Waals surface area contributed by atoms with Crippen molar-refractivity contribution >= 4 is 46.9 Å². The summed E-state index contributed by atoms with van der Waals surface area (Å²) < 4.78 is 52.9. The molecule has 0 aliphatic carbocycles. The summed E-state index contributed by atoms with van der Waals surface area (Å²) in [5, 5.41) is 13.4. The molecule has 266 valence electrons. The fourth-order valence-electron chi connectivity index (χ4n) is 4.14. The van der Waals surface area contributed by atoms with Crippen LogP contribution in [0.2, 0.25) is 10.0 Å². The van der Waals surface area contributed by atoms with Crippen LogP contribution in [0.15, 0.2) is 59.6 Å². The molecule has 3 aromatic carbocycles. The minimum atomic E-state index is -5.08. The predicted molar refractivity (Wildman–Crippen MR) is 177 cm³/mol. The van der Waals surface area contributed by atoms with E-state index in [1.54, 1.807) is 56.7 Å². The Kier molecular flexibility index (Phi) is 15.8. The number of alkyl halides is 3. The molecule has 0 saturated carbocycles. The van der Waals surface area contributed by atoms with Crippen LogP contribution in [0.4, 0.5) is 13.2 Å². The summed E-state index contributed by atoms with van der Waals surface area (Å²) in [6, 6.07) is 14.7. The molecular formula is C32H35Cl2F3N4O8. The summed E-state index contributed by atoms with van der Waals surface area (Å²) >= 11 is 12.4. The minimum Gasteiger partial charge on any atom is -0.493 e. The highest BCUT2D eigenvalue weighted by Crippen LogP contribution is 2.29. The number of nitrogens with zero attached hydrogens (tertiary/aromatic N) is 1. The Morgan fingerprint density at radius 2 is 1.39 bits per heavy atom. The molecule has 0 saturated heterocycles. The zero-order chi connectivity index (χ0) is 36.7. The number of carbonyl (C=O) groups is 3. The van der Waals surface area contributed by atoms with Crippen molar-refractivity contribution in [3.63, 3.8) is 0 Å². The lowest BCUT2D eigenvalue weighted by Crippen LogP contribution is -2.42. The second-order valence-electron chi connectivity index (χ2n) is 9.92. The van der Waals surface area contributed by atoms with Gasteiger partial charge in [-0.1, -0.05) is 41.4 Å². The van der Waals surface area contributed by atoms with Crippen molar-refractivity contribution in [3.05, 3.63) is 81.3 Å². The summed E-state index contributed by atoms with van der Waals surface area (Å²) in [4.78, 5) is 39.2. The zero-order valence-electron chi connectivity index (χ0n) is 26.8. The van der Waals surface area contributed by atoms with Crippen LogP contribution in [0.3, 0.4) is 0 Å². The second kappa shape index (κ2) is 19.2. The molecular weight excluding hydrogens is 696 g/mol. The maximum atomic E-state index is 13.3. The highest BCUT2D eigenvalue weighted by molar-refractivity contribution is 6.35. The number of rotatable bonds is 13. The number of amides is 2. The summed E-state index contributed by atoms with van der Waals surface area (Å²) in [6.45, 7) is 0.320. The van der Waals surface area contributed by atoms with Crippen LogP contribution in [0.25, 0.3) is 0 Å². The van der Waals surface area contributed by atoms with E-state index in [0.29, 0.717) is 57.1 Å². The quantitative estimate of drug-likeness (QED) is 0.145. The molecule has 12 nitrogen and oxygen atoms in total. The van der Waals surface area contributed by atoms with Crippen molar-refractivity contribution in [1.29, 1.82) is 0 Å². The van der Waals surface area contributed by atoms with Gasteiger partial charge in [0.2, 0.25) is 11.8 Å². The first-order valence-electron chi connectivity index (χ1n) is 14.2. The van der Waals surface area contributed by atoms with Gasteiger partial charge in [-0.3, -0.25) is 14.9 Å². The fourth-order valence-corrected chi connectivity index (χ4v) is 4.63. The molecule has 0 aliphatic heterocycles. The van der Waals surface area contributed by atoms with Crippen LogP contribution >= 0.6 is 23.2 Å². The maximum Gasteiger partial charge on any atom is 0.490 e. The van der Waals surface area contributed by atoms with Crippen LogP contribution in [0, 0.1) is 0 Å². The number of hydrogen-bond acceptors (Lipinski definition) is 8. The Hall–Kier alpha value is -4.89. The topological polar surface area (TPSA) is 171 Å². The lowest BCUT2D eigenvalue weighted by atomic mass is 10.1. The largest absolute Gasteiger partial charge is 0.493 e. The molecule has 0 aromatic heterocycles.